The Morgan fingerprint density at radius 2 is 1.66 bits per heavy atom. The van der Waals surface area contributed by atoms with Crippen molar-refractivity contribution >= 4 is 29.4 Å². The third-order valence-electron chi connectivity index (χ3n) is 5.23. The lowest BCUT2D eigenvalue weighted by Gasteiger charge is -2.21. The highest BCUT2D eigenvalue weighted by Gasteiger charge is 2.27. The van der Waals surface area contributed by atoms with Crippen LogP contribution in [-0.4, -0.2) is 40.9 Å². The van der Waals surface area contributed by atoms with E-state index in [-0.39, 0.29) is 16.1 Å². The SMILES string of the molecule is CN(C#N)C(=O)[C@H](Cc1c(F)cccc1F)NC(=O)c1ccc(-c2ccc(C(=O)O)cc2Cl)cc1. The highest BCUT2D eigenvalue weighted by molar-refractivity contribution is 6.33. The lowest BCUT2D eigenvalue weighted by atomic mass is 10.0. The zero-order valence-corrected chi connectivity index (χ0v) is 19.0. The molecule has 2 amide bonds. The fraction of sp³-hybridized carbons (Fsp3) is 0.120. The number of aromatic carboxylic acids is 1. The number of rotatable bonds is 7. The molecule has 0 spiro atoms. The lowest BCUT2D eigenvalue weighted by molar-refractivity contribution is -0.129. The van der Waals surface area contributed by atoms with Crippen molar-refractivity contribution < 1.29 is 28.3 Å². The van der Waals surface area contributed by atoms with Crippen LogP contribution in [0.4, 0.5) is 8.78 Å². The number of nitrogens with zero attached hydrogens (tertiary/aromatic N) is 2. The van der Waals surface area contributed by atoms with E-state index >= 15 is 0 Å². The van der Waals surface area contributed by atoms with Crippen molar-refractivity contribution in [3.05, 3.63) is 94.0 Å². The monoisotopic (exact) mass is 497 g/mol. The van der Waals surface area contributed by atoms with E-state index in [0.29, 0.717) is 16.0 Å². The molecule has 7 nitrogen and oxygen atoms in total. The lowest BCUT2D eigenvalue weighted by Crippen LogP contribution is -2.47. The van der Waals surface area contributed by atoms with Crippen LogP contribution in [0.5, 0.6) is 0 Å². The molecule has 1 atom stereocenters. The third-order valence-corrected chi connectivity index (χ3v) is 5.54. The summed E-state index contributed by atoms with van der Waals surface area (Å²) in [5, 5.41) is 20.7. The van der Waals surface area contributed by atoms with Gasteiger partial charge < -0.3 is 10.4 Å². The van der Waals surface area contributed by atoms with Crippen LogP contribution < -0.4 is 5.32 Å². The van der Waals surface area contributed by atoms with E-state index in [0.717, 1.165) is 12.1 Å². The number of hydrogen-bond donors (Lipinski definition) is 2. The molecule has 35 heavy (non-hydrogen) atoms. The first-order valence-electron chi connectivity index (χ1n) is 10.2. The molecule has 0 radical (unpaired) electrons. The maximum absolute atomic E-state index is 14.1. The molecule has 0 unspecified atom stereocenters. The zero-order chi connectivity index (χ0) is 25.7. The molecular weight excluding hydrogens is 480 g/mol. The molecule has 10 heteroatoms. The van der Waals surface area contributed by atoms with Gasteiger partial charge in [-0.15, -0.1) is 0 Å². The normalized spacial score (nSPS) is 11.3. The summed E-state index contributed by atoms with van der Waals surface area (Å²) < 4.78 is 28.3. The average molecular weight is 498 g/mol. The quantitative estimate of drug-likeness (QED) is 0.374. The van der Waals surface area contributed by atoms with Gasteiger partial charge in [0.2, 0.25) is 0 Å². The highest BCUT2D eigenvalue weighted by atomic mass is 35.5. The number of hydrogen-bond acceptors (Lipinski definition) is 4. The van der Waals surface area contributed by atoms with Crippen LogP contribution in [0, 0.1) is 23.1 Å². The summed E-state index contributed by atoms with van der Waals surface area (Å²) in [5.74, 6) is -4.43. The largest absolute Gasteiger partial charge is 0.478 e. The van der Waals surface area contributed by atoms with E-state index < -0.39 is 47.4 Å². The fourth-order valence-corrected chi connectivity index (χ4v) is 3.63. The van der Waals surface area contributed by atoms with E-state index in [1.54, 1.807) is 18.3 Å². The van der Waals surface area contributed by atoms with Gasteiger partial charge in [0.05, 0.1) is 5.56 Å². The Hall–Kier alpha value is -4.29. The maximum atomic E-state index is 14.1. The van der Waals surface area contributed by atoms with Crippen LogP contribution in [0.1, 0.15) is 26.3 Å². The fourth-order valence-electron chi connectivity index (χ4n) is 3.34. The molecule has 0 aliphatic heterocycles. The van der Waals surface area contributed by atoms with Crippen molar-refractivity contribution in [2.75, 3.05) is 7.05 Å². The third kappa shape index (κ3) is 5.80. The van der Waals surface area contributed by atoms with Gasteiger partial charge in [-0.3, -0.25) is 14.5 Å². The standard InChI is InChI=1S/C25H18ClF2N3O4/c1-31(13-29)24(33)22(12-18-20(27)3-2-4-21(18)28)30-23(32)15-7-5-14(6-8-15)17-10-9-16(25(34)35)11-19(17)26/h2-11,22H,12H2,1H3,(H,30,32)(H,34,35)/t22-/m0/s1. The van der Waals surface area contributed by atoms with Gasteiger partial charge in [-0.2, -0.15) is 5.26 Å². The van der Waals surface area contributed by atoms with Crippen molar-refractivity contribution in [3.63, 3.8) is 0 Å². The molecule has 0 saturated carbocycles. The number of carbonyl (C=O) groups is 3. The van der Waals surface area contributed by atoms with Crippen molar-refractivity contribution in [3.8, 4) is 17.3 Å². The smallest absolute Gasteiger partial charge is 0.335 e. The number of carbonyl (C=O) groups excluding carboxylic acids is 2. The van der Waals surface area contributed by atoms with Crippen LogP contribution in [-0.2, 0) is 11.2 Å². The maximum Gasteiger partial charge on any atom is 0.335 e. The average Bonchev–Trinajstić information content (AvgIpc) is 2.84. The minimum absolute atomic E-state index is 0.0269. The molecule has 0 aliphatic carbocycles. The van der Waals surface area contributed by atoms with Crippen LogP contribution in [0.3, 0.4) is 0 Å². The molecule has 178 valence electrons. The topological polar surface area (TPSA) is 111 Å². The number of carboxylic acids is 1. The molecule has 3 rings (SSSR count). The van der Waals surface area contributed by atoms with Gasteiger partial charge in [0.1, 0.15) is 17.7 Å². The summed E-state index contributed by atoms with van der Waals surface area (Å²) in [4.78, 5) is 37.2. The summed E-state index contributed by atoms with van der Waals surface area (Å²) in [6, 6.07) is 12.1. The first-order chi connectivity index (χ1) is 16.6. The van der Waals surface area contributed by atoms with Crippen molar-refractivity contribution in [2.24, 2.45) is 0 Å². The van der Waals surface area contributed by atoms with Crippen LogP contribution in [0.15, 0.2) is 60.7 Å². The summed E-state index contributed by atoms with van der Waals surface area (Å²) in [5.41, 5.74) is 0.918. The Balaban J connectivity index is 1.84. The second-order valence-electron chi connectivity index (χ2n) is 7.50. The predicted molar refractivity (Wildman–Crippen MR) is 124 cm³/mol. The summed E-state index contributed by atoms with van der Waals surface area (Å²) in [6.07, 6.45) is 1.11. The van der Waals surface area contributed by atoms with E-state index in [2.05, 4.69) is 5.32 Å². The van der Waals surface area contributed by atoms with Gasteiger partial charge in [-0.05, 0) is 42.0 Å². The summed E-state index contributed by atoms with van der Waals surface area (Å²) >= 11 is 6.19. The van der Waals surface area contributed by atoms with Gasteiger partial charge in [0.25, 0.3) is 11.8 Å². The molecule has 0 saturated heterocycles. The molecule has 0 heterocycles. The molecule has 3 aromatic rings. The second kappa shape index (κ2) is 10.8. The zero-order valence-electron chi connectivity index (χ0n) is 18.3. The van der Waals surface area contributed by atoms with E-state index in [9.17, 15) is 23.2 Å². The number of amides is 2. The number of halogens is 3. The van der Waals surface area contributed by atoms with Crippen LogP contribution in [0.25, 0.3) is 11.1 Å². The van der Waals surface area contributed by atoms with Crippen LogP contribution in [0.2, 0.25) is 5.02 Å². The number of nitriles is 1. The van der Waals surface area contributed by atoms with Gasteiger partial charge in [-0.25, -0.2) is 13.6 Å². The Morgan fingerprint density at radius 3 is 2.20 bits per heavy atom. The van der Waals surface area contributed by atoms with E-state index in [1.807, 2.05) is 0 Å². The molecule has 0 fully saturated rings. The van der Waals surface area contributed by atoms with Crippen molar-refractivity contribution in [2.45, 2.75) is 12.5 Å². The van der Waals surface area contributed by atoms with Gasteiger partial charge in [-0.1, -0.05) is 35.9 Å². The second-order valence-corrected chi connectivity index (χ2v) is 7.91. The number of nitrogens with one attached hydrogen (secondary N) is 1. The highest BCUT2D eigenvalue weighted by Crippen LogP contribution is 2.29. The minimum Gasteiger partial charge on any atom is -0.478 e. The number of likely N-dealkylation sites (N-methyl/N-ethyl adjacent to an activating group) is 1. The summed E-state index contributed by atoms with van der Waals surface area (Å²) in [7, 11) is 1.17. The van der Waals surface area contributed by atoms with Gasteiger partial charge >= 0.3 is 5.97 Å². The van der Waals surface area contributed by atoms with Crippen LogP contribution >= 0.6 is 11.6 Å². The first kappa shape index (κ1) is 25.3. The molecule has 2 N–H and O–H groups in total. The van der Waals surface area contributed by atoms with Gasteiger partial charge in [0.15, 0.2) is 6.19 Å². The molecular formula is C25H18ClF2N3O4. The Labute approximate surface area is 204 Å². The van der Waals surface area contributed by atoms with E-state index in [4.69, 9.17) is 22.0 Å². The molecule has 3 aromatic carbocycles. The molecule has 0 aliphatic rings. The Morgan fingerprint density at radius 1 is 1.06 bits per heavy atom. The molecule has 0 bridgehead atoms. The minimum atomic E-state index is -1.41. The first-order valence-corrected chi connectivity index (χ1v) is 10.5. The van der Waals surface area contributed by atoms with Crippen molar-refractivity contribution in [1.82, 2.24) is 10.2 Å². The van der Waals surface area contributed by atoms with E-state index in [1.165, 1.54) is 43.4 Å². The number of benzene rings is 3. The van der Waals surface area contributed by atoms with Crippen molar-refractivity contribution in [1.29, 1.82) is 5.26 Å². The summed E-state index contributed by atoms with van der Waals surface area (Å²) in [6.45, 7) is 0. The predicted octanol–water partition coefficient (Wildman–Crippen LogP) is 4.26. The Kier molecular flexibility index (Phi) is 7.79. The molecule has 0 aromatic heterocycles. The van der Waals surface area contributed by atoms with Gasteiger partial charge in [0, 0.05) is 35.2 Å². The Bertz CT molecular complexity index is 1320. The number of carboxylic acid groups (broad SMARTS) is 1.